The van der Waals surface area contributed by atoms with Crippen molar-refractivity contribution in [2.75, 3.05) is 0 Å². The normalized spacial score (nSPS) is 10.2. The molecule has 2 aromatic rings. The Hall–Kier alpha value is -1.81. The summed E-state index contributed by atoms with van der Waals surface area (Å²) in [5.74, 6) is -0.858. The van der Waals surface area contributed by atoms with E-state index >= 15 is 0 Å². The molecule has 0 aliphatic rings. The van der Waals surface area contributed by atoms with E-state index in [4.69, 9.17) is 11.9 Å². The van der Waals surface area contributed by atoms with Crippen LogP contribution < -0.4 is 5.43 Å². The summed E-state index contributed by atoms with van der Waals surface area (Å²) in [7, 11) is 0. The van der Waals surface area contributed by atoms with Crippen molar-refractivity contribution in [2.45, 2.75) is 0 Å². The number of halogens is 1. The van der Waals surface area contributed by atoms with Gasteiger partial charge in [0.2, 0.25) is 5.43 Å². The summed E-state index contributed by atoms with van der Waals surface area (Å²) >= 11 is 4.91. The first-order valence-electron chi connectivity index (χ1n) is 4.17. The van der Waals surface area contributed by atoms with Crippen molar-refractivity contribution in [3.63, 3.8) is 0 Å². The highest BCUT2D eigenvalue weighted by atomic mass is 35.5. The number of nitrogens with one attached hydrogen (secondary N) is 1. The molecule has 1 aromatic heterocycles. The predicted molar refractivity (Wildman–Crippen MR) is 55.8 cm³/mol. The summed E-state index contributed by atoms with van der Waals surface area (Å²) in [5, 5.41) is 0.428. The maximum atomic E-state index is 11.7. The van der Waals surface area contributed by atoms with Crippen molar-refractivity contribution in [3.8, 4) is 0 Å². The molecule has 2 rings (SSSR count). The van der Waals surface area contributed by atoms with Crippen LogP contribution in [-0.4, -0.2) is 11.0 Å². The van der Waals surface area contributed by atoms with Crippen molar-refractivity contribution in [1.82, 2.24) is 4.98 Å². The summed E-state index contributed by atoms with van der Waals surface area (Å²) < 4.78 is 3.98. The molecule has 5 heteroatoms. The molecule has 0 saturated heterocycles. The van der Waals surface area contributed by atoms with Gasteiger partial charge in [-0.15, -0.1) is 0 Å². The van der Waals surface area contributed by atoms with Crippen LogP contribution in [0.4, 0.5) is 0 Å². The highest BCUT2D eigenvalue weighted by Gasteiger charge is 2.13. The van der Waals surface area contributed by atoms with Crippen LogP contribution in [0.2, 0.25) is 0 Å². The molecule has 15 heavy (non-hydrogen) atoms. The quantitative estimate of drug-likeness (QED) is 0.803. The van der Waals surface area contributed by atoms with Gasteiger partial charge in [0.15, 0.2) is 0 Å². The van der Waals surface area contributed by atoms with Crippen LogP contribution in [0.1, 0.15) is 10.4 Å². The molecule has 0 radical (unpaired) electrons. The van der Waals surface area contributed by atoms with Gasteiger partial charge < -0.3 is 9.27 Å². The highest BCUT2D eigenvalue weighted by molar-refractivity contribution is 6.16. The molecule has 0 amide bonds. The first kappa shape index (κ1) is 9.73. The van der Waals surface area contributed by atoms with Crippen LogP contribution in [0.25, 0.3) is 10.9 Å². The molecule has 0 saturated carbocycles. The number of rotatable bonds is 1. The molecule has 0 aliphatic carbocycles. The minimum Gasteiger partial charge on any atom is -0.360 e. The molecule has 0 unspecified atom stereocenters. The summed E-state index contributed by atoms with van der Waals surface area (Å²) in [6.07, 6.45) is 1.29. The summed E-state index contributed by atoms with van der Waals surface area (Å²) in [6, 6.07) is 6.87. The van der Waals surface area contributed by atoms with E-state index in [1.807, 2.05) is 0 Å². The minimum absolute atomic E-state index is 0.108. The highest BCUT2D eigenvalue weighted by Crippen LogP contribution is 2.07. The lowest BCUT2D eigenvalue weighted by molar-refractivity contribution is 0.0750. The van der Waals surface area contributed by atoms with Gasteiger partial charge in [-0.1, -0.05) is 12.1 Å². The number of pyridine rings is 1. The standard InChI is InChI=1S/C10H6ClNO3/c11-15-10(14)7-5-12-8-4-2-1-3-6(8)9(7)13/h1-5H,(H,12,13). The molecule has 0 bridgehead atoms. The Balaban J connectivity index is 2.76. The monoisotopic (exact) mass is 223 g/mol. The number of H-pyrrole nitrogens is 1. The van der Waals surface area contributed by atoms with E-state index in [9.17, 15) is 9.59 Å². The van der Waals surface area contributed by atoms with Crippen molar-refractivity contribution >= 4 is 28.7 Å². The van der Waals surface area contributed by atoms with Gasteiger partial charge >= 0.3 is 5.97 Å². The van der Waals surface area contributed by atoms with Crippen molar-refractivity contribution in [3.05, 3.63) is 46.2 Å². The fourth-order valence-corrected chi connectivity index (χ4v) is 1.44. The molecule has 0 atom stereocenters. The van der Waals surface area contributed by atoms with Gasteiger partial charge in [-0.2, -0.15) is 0 Å². The van der Waals surface area contributed by atoms with Gasteiger partial charge in [0.1, 0.15) is 17.4 Å². The second-order valence-electron chi connectivity index (χ2n) is 2.94. The summed E-state index contributed by atoms with van der Waals surface area (Å²) in [6.45, 7) is 0. The molecule has 1 N–H and O–H groups in total. The topological polar surface area (TPSA) is 59.2 Å². The largest absolute Gasteiger partial charge is 0.361 e. The average molecular weight is 224 g/mol. The lowest BCUT2D eigenvalue weighted by Gasteiger charge is -1.99. The number of para-hydroxylation sites is 1. The van der Waals surface area contributed by atoms with Gasteiger partial charge in [0, 0.05) is 17.1 Å². The Kier molecular flexibility index (Phi) is 2.43. The Bertz CT molecular complexity index is 576. The zero-order chi connectivity index (χ0) is 10.8. The van der Waals surface area contributed by atoms with Gasteiger partial charge in [0.05, 0.1) is 0 Å². The van der Waals surface area contributed by atoms with Gasteiger partial charge in [-0.3, -0.25) is 4.79 Å². The fraction of sp³-hybridized carbons (Fsp3) is 0. The van der Waals surface area contributed by atoms with E-state index in [0.29, 0.717) is 10.9 Å². The molecule has 0 spiro atoms. The first-order valence-corrected chi connectivity index (χ1v) is 4.48. The van der Waals surface area contributed by atoms with E-state index in [1.165, 1.54) is 6.20 Å². The van der Waals surface area contributed by atoms with Crippen LogP contribution in [0.5, 0.6) is 0 Å². The zero-order valence-corrected chi connectivity index (χ0v) is 8.25. The molecule has 1 heterocycles. The van der Waals surface area contributed by atoms with Gasteiger partial charge in [0.25, 0.3) is 0 Å². The fourth-order valence-electron chi connectivity index (χ4n) is 1.36. The maximum Gasteiger partial charge on any atom is 0.361 e. The van der Waals surface area contributed by atoms with E-state index < -0.39 is 11.4 Å². The molecule has 1 aromatic carbocycles. The van der Waals surface area contributed by atoms with Crippen LogP contribution in [0.15, 0.2) is 35.3 Å². The van der Waals surface area contributed by atoms with Crippen LogP contribution in [-0.2, 0) is 4.29 Å². The molecule has 0 aliphatic heterocycles. The van der Waals surface area contributed by atoms with Crippen LogP contribution in [0, 0.1) is 0 Å². The van der Waals surface area contributed by atoms with Crippen molar-refractivity contribution in [1.29, 1.82) is 0 Å². The van der Waals surface area contributed by atoms with Crippen molar-refractivity contribution in [2.24, 2.45) is 0 Å². The molecular weight excluding hydrogens is 218 g/mol. The van der Waals surface area contributed by atoms with Crippen molar-refractivity contribution < 1.29 is 9.08 Å². The number of carbonyl (C=O) groups is 1. The molecule has 0 fully saturated rings. The van der Waals surface area contributed by atoms with E-state index in [1.54, 1.807) is 24.3 Å². The Morgan fingerprint density at radius 2 is 2.07 bits per heavy atom. The SMILES string of the molecule is O=C(OCl)c1c[nH]c2ccccc2c1=O. The molecule has 4 nitrogen and oxygen atoms in total. The third-order valence-electron chi connectivity index (χ3n) is 2.08. The summed E-state index contributed by atoms with van der Waals surface area (Å²) in [5.41, 5.74) is 0.160. The third-order valence-corrected chi connectivity index (χ3v) is 2.22. The Morgan fingerprint density at radius 1 is 1.33 bits per heavy atom. The molecular formula is C10H6ClNO3. The second-order valence-corrected chi connectivity index (χ2v) is 3.10. The number of fused-ring (bicyclic) bond motifs is 1. The average Bonchev–Trinajstić information content (AvgIpc) is 2.29. The van der Waals surface area contributed by atoms with E-state index in [2.05, 4.69) is 9.27 Å². The number of carbonyl (C=O) groups excluding carboxylic acids is 1. The smallest absolute Gasteiger partial charge is 0.360 e. The number of hydrogen-bond acceptors (Lipinski definition) is 3. The van der Waals surface area contributed by atoms with Gasteiger partial charge in [-0.25, -0.2) is 4.79 Å². The minimum atomic E-state index is -0.858. The second kappa shape index (κ2) is 3.74. The zero-order valence-electron chi connectivity index (χ0n) is 7.49. The Labute approximate surface area is 89.6 Å². The Morgan fingerprint density at radius 3 is 2.80 bits per heavy atom. The van der Waals surface area contributed by atoms with Crippen LogP contribution in [0.3, 0.4) is 0 Å². The van der Waals surface area contributed by atoms with Gasteiger partial charge in [-0.05, 0) is 12.1 Å². The van der Waals surface area contributed by atoms with E-state index in [-0.39, 0.29) is 5.56 Å². The van der Waals surface area contributed by atoms with Crippen LogP contribution >= 0.6 is 11.9 Å². The summed E-state index contributed by atoms with van der Waals surface area (Å²) in [4.78, 5) is 25.7. The first-order chi connectivity index (χ1) is 7.24. The number of aromatic nitrogens is 1. The number of aromatic amines is 1. The lowest BCUT2D eigenvalue weighted by Crippen LogP contribution is -2.15. The maximum absolute atomic E-state index is 11.7. The number of hydrogen-bond donors (Lipinski definition) is 1. The predicted octanol–water partition coefficient (Wildman–Crippen LogP) is 1.84. The third kappa shape index (κ3) is 1.59. The number of benzene rings is 1. The van der Waals surface area contributed by atoms with E-state index in [0.717, 1.165) is 0 Å². The molecule has 76 valence electrons. The lowest BCUT2D eigenvalue weighted by atomic mass is 10.1.